The Morgan fingerprint density at radius 1 is 1.17 bits per heavy atom. The summed E-state index contributed by atoms with van der Waals surface area (Å²) in [5.74, 6) is 0.347. The van der Waals surface area contributed by atoms with Crippen LogP contribution in [0.1, 0.15) is 6.92 Å². The highest BCUT2D eigenvalue weighted by atomic mass is 35.5. The molecule has 0 fully saturated rings. The summed E-state index contributed by atoms with van der Waals surface area (Å²) in [6.45, 7) is 4.83. The van der Waals surface area contributed by atoms with Crippen LogP contribution in [0.25, 0.3) is 21.4 Å². The molecule has 3 aromatic heterocycles. The highest BCUT2D eigenvalue weighted by Gasteiger charge is 2.18. The molecule has 0 radical (unpaired) electrons. The molecule has 0 aliphatic heterocycles. The average molecular weight is 451 g/mol. The number of nitrogens with two attached hydrogens (primary N) is 1. The van der Waals surface area contributed by atoms with Crippen molar-refractivity contribution in [3.8, 4) is 0 Å². The summed E-state index contributed by atoms with van der Waals surface area (Å²) in [7, 11) is 0. The Kier molecular flexibility index (Phi) is 6.46. The zero-order chi connectivity index (χ0) is 20.2. The summed E-state index contributed by atoms with van der Waals surface area (Å²) in [5, 5.41) is 1.42. The molecule has 2 N–H and O–H groups in total. The van der Waals surface area contributed by atoms with Crippen molar-refractivity contribution in [1.82, 2.24) is 24.5 Å². The van der Waals surface area contributed by atoms with Crippen molar-refractivity contribution in [1.29, 1.82) is 0 Å². The lowest BCUT2D eigenvalue weighted by Crippen LogP contribution is -2.11. The second-order valence-electron chi connectivity index (χ2n) is 5.96. The number of nitrogens with zero attached hydrogens (tertiary/aromatic N) is 5. The number of ether oxygens (including phenoxy) is 2. The number of fused-ring (bicyclic) bond motifs is 2. The number of rotatable bonds is 9. The van der Waals surface area contributed by atoms with Gasteiger partial charge in [0.15, 0.2) is 26.5 Å². The van der Waals surface area contributed by atoms with Gasteiger partial charge < -0.3 is 19.8 Å². The van der Waals surface area contributed by atoms with Crippen molar-refractivity contribution in [2.75, 3.05) is 32.2 Å². The van der Waals surface area contributed by atoms with Gasteiger partial charge in [0.2, 0.25) is 0 Å². The zero-order valence-electron chi connectivity index (χ0n) is 15.7. The Morgan fingerprint density at radius 2 is 2.03 bits per heavy atom. The topological polar surface area (TPSA) is 101 Å². The van der Waals surface area contributed by atoms with Gasteiger partial charge in [-0.1, -0.05) is 17.7 Å². The quantitative estimate of drug-likeness (QED) is 0.383. The summed E-state index contributed by atoms with van der Waals surface area (Å²) in [4.78, 5) is 17.7. The number of hydrogen-bond donors (Lipinski definition) is 1. The van der Waals surface area contributed by atoms with Gasteiger partial charge in [-0.2, -0.15) is 0 Å². The number of aromatic nitrogens is 5. The Balaban J connectivity index is 1.60. The average Bonchev–Trinajstić information content (AvgIpc) is 3.28. The van der Waals surface area contributed by atoms with Crippen molar-refractivity contribution in [3.63, 3.8) is 0 Å². The number of benzene rings is 1. The van der Waals surface area contributed by atoms with E-state index in [0.717, 1.165) is 19.7 Å². The van der Waals surface area contributed by atoms with E-state index in [0.29, 0.717) is 55.0 Å². The first-order chi connectivity index (χ1) is 14.2. The Labute approximate surface area is 180 Å². The fraction of sp³-hybridized carbons (Fsp3) is 0.333. The van der Waals surface area contributed by atoms with Crippen LogP contribution in [0, 0.1) is 0 Å². The summed E-state index contributed by atoms with van der Waals surface area (Å²) < 4.78 is 14.7. The fourth-order valence-electron chi connectivity index (χ4n) is 2.75. The molecule has 4 rings (SSSR count). The lowest BCUT2D eigenvalue weighted by Gasteiger charge is -2.08. The summed E-state index contributed by atoms with van der Waals surface area (Å²) in [6, 6.07) is 5.70. The van der Waals surface area contributed by atoms with Gasteiger partial charge in [0.1, 0.15) is 6.33 Å². The molecule has 1 aromatic carbocycles. The number of imidazole rings is 1. The van der Waals surface area contributed by atoms with Crippen LogP contribution in [0.15, 0.2) is 34.0 Å². The number of halogens is 1. The first kappa shape index (κ1) is 20.3. The minimum absolute atomic E-state index is 0.347. The number of anilines is 1. The maximum absolute atomic E-state index is 6.29. The molecular weight excluding hydrogens is 432 g/mol. The third-order valence-corrected chi connectivity index (χ3v) is 6.67. The summed E-state index contributed by atoms with van der Waals surface area (Å²) >= 11 is 9.27. The summed E-state index contributed by atoms with van der Waals surface area (Å²) in [5.41, 5.74) is 8.12. The van der Waals surface area contributed by atoms with Crippen LogP contribution < -0.4 is 5.73 Å². The number of thiazole rings is 1. The molecule has 0 spiro atoms. The van der Waals surface area contributed by atoms with Crippen molar-refractivity contribution in [3.05, 3.63) is 29.5 Å². The van der Waals surface area contributed by atoms with Crippen molar-refractivity contribution < 1.29 is 9.47 Å². The van der Waals surface area contributed by atoms with Crippen LogP contribution in [0.2, 0.25) is 5.02 Å². The monoisotopic (exact) mass is 450 g/mol. The molecule has 0 amide bonds. The van der Waals surface area contributed by atoms with Crippen LogP contribution in [0.5, 0.6) is 0 Å². The largest absolute Gasteiger partial charge is 0.382 e. The van der Waals surface area contributed by atoms with Gasteiger partial charge in [0.05, 0.1) is 41.6 Å². The van der Waals surface area contributed by atoms with E-state index < -0.39 is 0 Å². The Hall–Kier alpha value is -1.98. The minimum Gasteiger partial charge on any atom is -0.382 e. The van der Waals surface area contributed by atoms with E-state index in [9.17, 15) is 0 Å². The molecule has 0 bridgehead atoms. The van der Waals surface area contributed by atoms with Gasteiger partial charge in [-0.25, -0.2) is 19.9 Å². The smallest absolute Gasteiger partial charge is 0.177 e. The van der Waals surface area contributed by atoms with Gasteiger partial charge in [-0.3, -0.25) is 0 Å². The number of nitrogen functional groups attached to an aromatic ring is 1. The van der Waals surface area contributed by atoms with Gasteiger partial charge >= 0.3 is 0 Å². The van der Waals surface area contributed by atoms with Crippen molar-refractivity contribution in [2.45, 2.75) is 23.0 Å². The molecular formula is C18H19ClN6O2S2. The van der Waals surface area contributed by atoms with Crippen molar-refractivity contribution >= 4 is 61.9 Å². The maximum atomic E-state index is 6.29. The van der Waals surface area contributed by atoms with Crippen LogP contribution in [0.3, 0.4) is 0 Å². The maximum Gasteiger partial charge on any atom is 0.177 e. The lowest BCUT2D eigenvalue weighted by atomic mass is 10.3. The highest BCUT2D eigenvalue weighted by Crippen LogP contribution is 2.38. The van der Waals surface area contributed by atoms with E-state index in [1.54, 1.807) is 0 Å². The molecule has 0 unspecified atom stereocenters. The van der Waals surface area contributed by atoms with Gasteiger partial charge in [-0.15, -0.1) is 11.3 Å². The summed E-state index contributed by atoms with van der Waals surface area (Å²) in [6.07, 6.45) is 1.44. The lowest BCUT2D eigenvalue weighted by molar-refractivity contribution is 0.0493. The van der Waals surface area contributed by atoms with E-state index in [-0.39, 0.29) is 0 Å². The third kappa shape index (κ3) is 4.46. The highest BCUT2D eigenvalue weighted by molar-refractivity contribution is 8.01. The van der Waals surface area contributed by atoms with Gasteiger partial charge in [0, 0.05) is 6.61 Å². The predicted octanol–water partition coefficient (Wildman–Crippen LogP) is 3.88. The molecule has 0 saturated heterocycles. The predicted molar refractivity (Wildman–Crippen MR) is 116 cm³/mol. The van der Waals surface area contributed by atoms with Crippen LogP contribution in [0.4, 0.5) is 5.82 Å². The third-order valence-electron chi connectivity index (χ3n) is 4.09. The van der Waals surface area contributed by atoms with Crippen LogP contribution in [-0.4, -0.2) is 50.9 Å². The van der Waals surface area contributed by atoms with E-state index >= 15 is 0 Å². The Bertz CT molecular complexity index is 1130. The van der Waals surface area contributed by atoms with Gasteiger partial charge in [0.25, 0.3) is 0 Å². The normalized spacial score (nSPS) is 11.7. The van der Waals surface area contributed by atoms with Crippen LogP contribution in [-0.2, 0) is 16.0 Å². The van der Waals surface area contributed by atoms with E-state index in [1.165, 1.54) is 29.4 Å². The molecule has 3 heterocycles. The first-order valence-electron chi connectivity index (χ1n) is 9.02. The molecule has 0 aliphatic carbocycles. The van der Waals surface area contributed by atoms with E-state index in [2.05, 4.69) is 19.9 Å². The minimum atomic E-state index is 0.347. The van der Waals surface area contributed by atoms with E-state index in [4.69, 9.17) is 26.8 Å². The second kappa shape index (κ2) is 9.23. The standard InChI is InChI=1S/C18H19ClN6O2S2/c1-2-26-8-9-27-7-6-25-16-13(15(20)21-10-22-16)24-17(25)29-18-23-12-5-3-4-11(19)14(12)28-18/h3-5,10H,2,6-9H2,1H3,(H2,20,21,22). The molecule has 152 valence electrons. The fourth-order valence-corrected chi connectivity index (χ4v) is 5.10. The van der Waals surface area contributed by atoms with Crippen LogP contribution >= 0.6 is 34.7 Å². The van der Waals surface area contributed by atoms with Gasteiger partial charge in [-0.05, 0) is 30.8 Å². The molecule has 11 heteroatoms. The number of hydrogen-bond acceptors (Lipinski definition) is 9. The molecule has 29 heavy (non-hydrogen) atoms. The van der Waals surface area contributed by atoms with Crippen molar-refractivity contribution in [2.24, 2.45) is 0 Å². The molecule has 8 nitrogen and oxygen atoms in total. The molecule has 0 atom stereocenters. The second-order valence-corrected chi connectivity index (χ2v) is 8.58. The molecule has 0 aliphatic rings. The van der Waals surface area contributed by atoms with E-state index in [1.807, 2.05) is 29.7 Å². The Morgan fingerprint density at radius 3 is 2.86 bits per heavy atom. The molecule has 4 aromatic rings. The SMILES string of the molecule is CCOCCOCCn1c(Sc2nc3cccc(Cl)c3s2)nc2c(N)ncnc21. The molecule has 0 saturated carbocycles. The first-order valence-corrected chi connectivity index (χ1v) is 11.0. The zero-order valence-corrected chi connectivity index (χ0v) is 18.1.